The van der Waals surface area contributed by atoms with Gasteiger partial charge in [0.2, 0.25) is 0 Å². The summed E-state index contributed by atoms with van der Waals surface area (Å²) in [5.74, 6) is 0. The van der Waals surface area contributed by atoms with Crippen molar-refractivity contribution in [2.45, 2.75) is 56.8 Å². The number of hydrogen-bond acceptors (Lipinski definition) is 6. The third-order valence-electron chi connectivity index (χ3n) is 10.7. The first-order chi connectivity index (χ1) is 23.6. The number of benzene rings is 3. The van der Waals surface area contributed by atoms with E-state index >= 15 is 0 Å². The van der Waals surface area contributed by atoms with Gasteiger partial charge in [0.15, 0.2) is 0 Å². The molecule has 4 aliphatic heterocycles. The van der Waals surface area contributed by atoms with Gasteiger partial charge in [0.1, 0.15) is 6.10 Å². The number of rotatable bonds is 13. The molecule has 48 heavy (non-hydrogen) atoms. The Hall–Kier alpha value is -3.92. The predicted molar refractivity (Wildman–Crippen MR) is 190 cm³/mol. The van der Waals surface area contributed by atoms with E-state index in [1.54, 1.807) is 0 Å². The molecule has 2 bridgehead atoms. The number of nitrogens with zero attached hydrogens (tertiary/aromatic N) is 5. The minimum absolute atomic E-state index is 0.0807. The lowest BCUT2D eigenvalue weighted by molar-refractivity contribution is 0.0581. The minimum Gasteiger partial charge on any atom is -0.446 e. The van der Waals surface area contributed by atoms with Gasteiger partial charge >= 0.3 is 12.1 Å². The van der Waals surface area contributed by atoms with Gasteiger partial charge in [-0.1, -0.05) is 78.9 Å². The van der Waals surface area contributed by atoms with Crippen LogP contribution >= 0.6 is 0 Å². The number of carbonyl (C=O) groups is 2. The Balaban J connectivity index is 0.756. The van der Waals surface area contributed by atoms with E-state index in [1.807, 2.05) is 59.5 Å². The molecule has 9 nitrogen and oxygen atoms in total. The number of carbonyl (C=O) groups excluding carboxylic acids is 2. The quantitative estimate of drug-likeness (QED) is 0.251. The molecule has 0 radical (unpaired) electrons. The van der Waals surface area contributed by atoms with Crippen molar-refractivity contribution >= 4 is 17.8 Å². The van der Waals surface area contributed by atoms with Crippen LogP contribution < -0.4 is 5.32 Å². The normalized spacial score (nSPS) is 22.1. The maximum Gasteiger partial charge on any atom is 0.411 e. The smallest absolute Gasteiger partial charge is 0.411 e. The largest absolute Gasteiger partial charge is 0.446 e. The lowest BCUT2D eigenvalue weighted by Gasteiger charge is -2.34. The first-order valence-corrected chi connectivity index (χ1v) is 18.0. The van der Waals surface area contributed by atoms with Crippen LogP contribution in [0.25, 0.3) is 11.1 Å². The van der Waals surface area contributed by atoms with E-state index < -0.39 is 6.09 Å². The highest BCUT2D eigenvalue weighted by Crippen LogP contribution is 2.32. The number of ether oxygens (including phenoxy) is 1. The molecule has 3 amide bonds. The van der Waals surface area contributed by atoms with Crippen molar-refractivity contribution in [2.75, 3.05) is 70.8 Å². The Morgan fingerprint density at radius 1 is 0.708 bits per heavy atom. The van der Waals surface area contributed by atoms with Crippen LogP contribution in [-0.4, -0.2) is 120 Å². The van der Waals surface area contributed by atoms with Gasteiger partial charge in [-0.3, -0.25) is 15.1 Å². The lowest BCUT2D eigenvalue weighted by Crippen LogP contribution is -2.46. The molecule has 4 saturated heterocycles. The fourth-order valence-electron chi connectivity index (χ4n) is 8.12. The average molecular weight is 651 g/mol. The van der Waals surface area contributed by atoms with Crippen molar-refractivity contribution in [3.05, 3.63) is 90.5 Å². The molecule has 0 spiro atoms. The summed E-state index contributed by atoms with van der Waals surface area (Å²) < 4.78 is 5.81. The van der Waals surface area contributed by atoms with E-state index in [2.05, 4.69) is 55.2 Å². The molecule has 7 rings (SSSR count). The first kappa shape index (κ1) is 32.6. The number of para-hydroxylation sites is 1. The van der Waals surface area contributed by atoms with E-state index in [0.29, 0.717) is 12.1 Å². The second-order valence-corrected chi connectivity index (χ2v) is 13.9. The molecule has 2 unspecified atom stereocenters. The molecule has 4 heterocycles. The Labute approximate surface area is 285 Å². The average Bonchev–Trinajstić information content (AvgIpc) is 3.81. The minimum atomic E-state index is -0.396. The third kappa shape index (κ3) is 8.02. The van der Waals surface area contributed by atoms with Gasteiger partial charge in [0.05, 0.1) is 5.69 Å². The summed E-state index contributed by atoms with van der Waals surface area (Å²) in [6.45, 7) is 10.6. The summed E-state index contributed by atoms with van der Waals surface area (Å²) in [7, 11) is 0. The highest BCUT2D eigenvalue weighted by atomic mass is 16.6. The maximum atomic E-state index is 13.1. The predicted octanol–water partition coefficient (Wildman–Crippen LogP) is 5.84. The zero-order valence-electron chi connectivity index (χ0n) is 28.1. The molecular weight excluding hydrogens is 600 g/mol. The van der Waals surface area contributed by atoms with E-state index in [1.165, 1.54) is 18.5 Å². The second kappa shape index (κ2) is 15.5. The summed E-state index contributed by atoms with van der Waals surface area (Å²) >= 11 is 0. The number of hydrogen-bond donors (Lipinski definition) is 1. The van der Waals surface area contributed by atoms with Crippen LogP contribution in [0, 0.1) is 0 Å². The van der Waals surface area contributed by atoms with E-state index in [9.17, 15) is 9.59 Å². The Bertz CT molecular complexity index is 1500. The Kier molecular flexibility index (Phi) is 10.6. The number of anilines is 1. The lowest BCUT2D eigenvalue weighted by atomic mass is 10.0. The monoisotopic (exact) mass is 650 g/mol. The summed E-state index contributed by atoms with van der Waals surface area (Å²) in [5.41, 5.74) is 4.20. The van der Waals surface area contributed by atoms with Crippen molar-refractivity contribution in [1.29, 1.82) is 0 Å². The molecular formula is C39H50N6O3. The van der Waals surface area contributed by atoms with E-state index in [0.717, 1.165) is 108 Å². The van der Waals surface area contributed by atoms with E-state index in [4.69, 9.17) is 4.74 Å². The summed E-state index contributed by atoms with van der Waals surface area (Å²) in [4.78, 5) is 37.7. The van der Waals surface area contributed by atoms with Crippen molar-refractivity contribution in [3.63, 3.8) is 0 Å². The molecule has 3 aromatic carbocycles. The summed E-state index contributed by atoms with van der Waals surface area (Å²) in [6.07, 6.45) is 4.48. The van der Waals surface area contributed by atoms with Gasteiger partial charge in [0, 0.05) is 83.1 Å². The molecule has 4 fully saturated rings. The van der Waals surface area contributed by atoms with E-state index in [-0.39, 0.29) is 12.1 Å². The molecule has 0 aromatic heterocycles. The number of nitrogens with one attached hydrogen (secondary N) is 1. The SMILES string of the molecule is O=C(Nc1ccccc1-c1ccccc1)OC1CCN(CCCN2CCN(CCCN3CC4CC3CN4Cc3ccccc3)C2=O)CC1. The van der Waals surface area contributed by atoms with Crippen LogP contribution in [-0.2, 0) is 11.3 Å². The summed E-state index contributed by atoms with van der Waals surface area (Å²) in [6, 6.07) is 30.2. The number of piperazine rings is 1. The molecule has 9 heteroatoms. The standard InChI is InChI=1S/C39H50N6O3/c46-38(40-37-16-8-7-15-36(37)32-13-5-2-6-14-32)48-35-17-23-41(24-18-35)19-9-20-42-25-26-43(39(42)47)21-10-22-44-29-34-27-33(44)30-45(34)28-31-11-3-1-4-12-31/h1-8,11-16,33-35H,9-10,17-30H2,(H,40,46). The van der Waals surface area contributed by atoms with Gasteiger partial charge in [-0.15, -0.1) is 0 Å². The number of piperidine rings is 1. The van der Waals surface area contributed by atoms with Gasteiger partial charge in [-0.05, 0) is 55.8 Å². The zero-order valence-corrected chi connectivity index (χ0v) is 28.1. The second-order valence-electron chi connectivity index (χ2n) is 13.9. The highest BCUT2D eigenvalue weighted by molar-refractivity contribution is 5.91. The number of urea groups is 1. The van der Waals surface area contributed by atoms with Crippen LogP contribution in [0.2, 0.25) is 0 Å². The van der Waals surface area contributed by atoms with Crippen molar-refractivity contribution in [3.8, 4) is 11.1 Å². The van der Waals surface area contributed by atoms with Crippen LogP contribution in [0.15, 0.2) is 84.9 Å². The van der Waals surface area contributed by atoms with Gasteiger partial charge in [-0.2, -0.15) is 0 Å². The van der Waals surface area contributed by atoms with Crippen molar-refractivity contribution in [1.82, 2.24) is 24.5 Å². The third-order valence-corrected chi connectivity index (χ3v) is 10.7. The van der Waals surface area contributed by atoms with Crippen molar-refractivity contribution in [2.24, 2.45) is 0 Å². The number of likely N-dealkylation sites (tertiary alicyclic amines) is 3. The molecule has 254 valence electrons. The number of amides is 3. The molecule has 2 atom stereocenters. The van der Waals surface area contributed by atoms with Crippen LogP contribution in [0.3, 0.4) is 0 Å². The Morgan fingerprint density at radius 3 is 2.04 bits per heavy atom. The summed E-state index contributed by atoms with van der Waals surface area (Å²) in [5, 5.41) is 2.96. The molecule has 4 aliphatic rings. The molecule has 0 saturated carbocycles. The maximum absolute atomic E-state index is 13.1. The van der Waals surface area contributed by atoms with Gasteiger partial charge < -0.3 is 19.4 Å². The van der Waals surface area contributed by atoms with Crippen molar-refractivity contribution < 1.29 is 14.3 Å². The molecule has 3 aromatic rings. The highest BCUT2D eigenvalue weighted by Gasteiger charge is 2.42. The number of fused-ring (bicyclic) bond motifs is 2. The zero-order chi connectivity index (χ0) is 32.7. The Morgan fingerprint density at radius 2 is 1.33 bits per heavy atom. The molecule has 0 aliphatic carbocycles. The topological polar surface area (TPSA) is 71.6 Å². The van der Waals surface area contributed by atoms with Crippen LogP contribution in [0.5, 0.6) is 0 Å². The molecule has 1 N–H and O–H groups in total. The first-order valence-electron chi connectivity index (χ1n) is 18.0. The van der Waals surface area contributed by atoms with Crippen LogP contribution in [0.1, 0.15) is 37.7 Å². The fourth-order valence-corrected chi connectivity index (χ4v) is 8.12. The van der Waals surface area contributed by atoms with Crippen LogP contribution in [0.4, 0.5) is 15.3 Å². The van der Waals surface area contributed by atoms with Gasteiger partial charge in [-0.25, -0.2) is 9.59 Å². The van der Waals surface area contributed by atoms with Gasteiger partial charge in [0.25, 0.3) is 0 Å². The fraction of sp³-hybridized carbons (Fsp3) is 0.487.